The molecule has 5 rings (SSSR count). The quantitative estimate of drug-likeness (QED) is 0.756. The largest absolute Gasteiger partial charge is 0.478 e. The first-order valence-electron chi connectivity index (χ1n) is 9.61. The van der Waals surface area contributed by atoms with Crippen LogP contribution in [-0.4, -0.2) is 30.4 Å². The summed E-state index contributed by atoms with van der Waals surface area (Å²) in [5.74, 6) is 0.295. The Morgan fingerprint density at radius 2 is 2.14 bits per heavy atom. The molecular formula is C21H20N4O3. The molecule has 0 amide bonds. The molecule has 0 atom stereocenters. The maximum atomic E-state index is 12.8. The van der Waals surface area contributed by atoms with Crippen LogP contribution >= 0.6 is 0 Å². The highest BCUT2D eigenvalue weighted by Gasteiger charge is 2.23. The van der Waals surface area contributed by atoms with E-state index in [1.54, 1.807) is 16.8 Å². The lowest BCUT2D eigenvalue weighted by atomic mass is 9.85. The molecule has 1 aromatic carbocycles. The van der Waals surface area contributed by atoms with Gasteiger partial charge in [-0.2, -0.15) is 5.10 Å². The van der Waals surface area contributed by atoms with Gasteiger partial charge in [0.2, 0.25) is 0 Å². The molecule has 0 bridgehead atoms. The van der Waals surface area contributed by atoms with Crippen LogP contribution in [0.15, 0.2) is 35.3 Å². The molecule has 1 aliphatic heterocycles. The predicted molar refractivity (Wildman–Crippen MR) is 105 cm³/mol. The van der Waals surface area contributed by atoms with E-state index in [1.807, 2.05) is 10.7 Å². The molecule has 0 saturated heterocycles. The van der Waals surface area contributed by atoms with E-state index in [1.165, 1.54) is 31.4 Å². The fourth-order valence-corrected chi connectivity index (χ4v) is 4.00. The molecule has 0 unspecified atom stereocenters. The van der Waals surface area contributed by atoms with Crippen LogP contribution < -0.4 is 5.56 Å². The van der Waals surface area contributed by atoms with E-state index in [4.69, 9.17) is 0 Å². The number of hydrogen-bond acceptors (Lipinski definition) is 4. The van der Waals surface area contributed by atoms with Gasteiger partial charge in [0.05, 0.1) is 22.2 Å². The highest BCUT2D eigenvalue weighted by Crippen LogP contribution is 2.30. The molecule has 1 saturated carbocycles. The number of benzene rings is 1. The van der Waals surface area contributed by atoms with Crippen molar-refractivity contribution in [3.63, 3.8) is 0 Å². The van der Waals surface area contributed by atoms with E-state index in [9.17, 15) is 14.7 Å². The van der Waals surface area contributed by atoms with Gasteiger partial charge in [-0.15, -0.1) is 0 Å². The van der Waals surface area contributed by atoms with Crippen LogP contribution in [0.5, 0.6) is 0 Å². The van der Waals surface area contributed by atoms with Crippen molar-refractivity contribution in [3.05, 3.63) is 57.9 Å². The fraction of sp³-hybridized carbons (Fsp3) is 0.333. The second-order valence-corrected chi connectivity index (χ2v) is 7.58. The number of hydrogen-bond donors (Lipinski definition) is 1. The van der Waals surface area contributed by atoms with Crippen LogP contribution in [0.4, 0.5) is 0 Å². The van der Waals surface area contributed by atoms with Crippen molar-refractivity contribution in [2.24, 2.45) is 5.92 Å². The molecule has 1 N–H and O–H groups in total. The van der Waals surface area contributed by atoms with Gasteiger partial charge in [-0.05, 0) is 61.1 Å². The summed E-state index contributed by atoms with van der Waals surface area (Å²) in [5.41, 5.74) is 2.43. The van der Waals surface area contributed by atoms with E-state index in [0.29, 0.717) is 29.2 Å². The van der Waals surface area contributed by atoms with Crippen molar-refractivity contribution < 1.29 is 9.90 Å². The average molecular weight is 376 g/mol. The molecule has 1 aliphatic carbocycles. The molecule has 0 spiro atoms. The molecule has 1 fully saturated rings. The molecule has 142 valence electrons. The van der Waals surface area contributed by atoms with Crippen LogP contribution in [0.25, 0.3) is 22.6 Å². The second kappa shape index (κ2) is 6.44. The van der Waals surface area contributed by atoms with Crippen molar-refractivity contribution in [2.45, 2.75) is 38.8 Å². The Bertz CT molecular complexity index is 1180. The minimum absolute atomic E-state index is 0.122. The summed E-state index contributed by atoms with van der Waals surface area (Å²) < 4.78 is 3.71. The Hall–Kier alpha value is -3.22. The van der Waals surface area contributed by atoms with Crippen LogP contribution in [0.2, 0.25) is 0 Å². The highest BCUT2D eigenvalue weighted by atomic mass is 16.4. The van der Waals surface area contributed by atoms with E-state index >= 15 is 0 Å². The van der Waals surface area contributed by atoms with Crippen LogP contribution in [0, 0.1) is 5.92 Å². The van der Waals surface area contributed by atoms with Crippen molar-refractivity contribution in [2.75, 3.05) is 0 Å². The number of fused-ring (bicyclic) bond motifs is 2. The molecule has 7 heteroatoms. The fourth-order valence-electron chi connectivity index (χ4n) is 4.00. The topological polar surface area (TPSA) is 90.0 Å². The number of nitrogens with zero attached hydrogens (tertiary/aromatic N) is 4. The van der Waals surface area contributed by atoms with Gasteiger partial charge in [-0.3, -0.25) is 14.0 Å². The lowest BCUT2D eigenvalue weighted by Gasteiger charge is -2.25. The summed E-state index contributed by atoms with van der Waals surface area (Å²) in [7, 11) is 0. The number of aromatic carboxylic acids is 1. The van der Waals surface area contributed by atoms with Crippen LogP contribution in [0.1, 0.15) is 47.6 Å². The molecular weight excluding hydrogens is 356 g/mol. The molecule has 7 nitrogen and oxygen atoms in total. The number of carboxylic acid groups (broad SMARTS) is 1. The third-order valence-corrected chi connectivity index (χ3v) is 5.82. The van der Waals surface area contributed by atoms with Gasteiger partial charge >= 0.3 is 5.97 Å². The smallest absolute Gasteiger partial charge is 0.335 e. The SMILES string of the molecule is O=C(O)c1ccc2c(=O)n3c(nc2c1)/C(=C/c1ccnn1CC1CCC1)CC3. The first-order chi connectivity index (χ1) is 13.6. The Kier molecular flexibility index (Phi) is 3.89. The molecule has 3 aromatic rings. The van der Waals surface area contributed by atoms with Gasteiger partial charge in [0.1, 0.15) is 5.82 Å². The monoisotopic (exact) mass is 376 g/mol. The van der Waals surface area contributed by atoms with Crippen molar-refractivity contribution >= 4 is 28.5 Å². The zero-order valence-corrected chi connectivity index (χ0v) is 15.3. The summed E-state index contributed by atoms with van der Waals surface area (Å²) in [6, 6.07) is 6.45. The van der Waals surface area contributed by atoms with Crippen molar-refractivity contribution in [1.82, 2.24) is 19.3 Å². The summed E-state index contributed by atoms with van der Waals surface area (Å²) in [5, 5.41) is 14.1. The van der Waals surface area contributed by atoms with Gasteiger partial charge in [0.25, 0.3) is 5.56 Å². The minimum Gasteiger partial charge on any atom is -0.478 e. The zero-order chi connectivity index (χ0) is 19.3. The maximum absolute atomic E-state index is 12.8. The molecule has 3 heterocycles. The lowest BCUT2D eigenvalue weighted by Crippen LogP contribution is -2.21. The highest BCUT2D eigenvalue weighted by molar-refractivity contribution is 5.93. The minimum atomic E-state index is -1.03. The summed E-state index contributed by atoms with van der Waals surface area (Å²) >= 11 is 0. The van der Waals surface area contributed by atoms with Crippen LogP contribution in [0.3, 0.4) is 0 Å². The number of carbonyl (C=O) groups is 1. The Morgan fingerprint density at radius 1 is 1.29 bits per heavy atom. The standard InChI is InChI=1S/C21H20N4O3/c26-20-17-5-4-15(21(27)28)11-18(17)23-19-14(7-9-24(19)20)10-16-6-8-22-25(16)12-13-2-1-3-13/h4-6,8,10-11,13H,1-3,7,9,12H2,(H,27,28)/b14-10+. The Labute approximate surface area is 160 Å². The first-order valence-corrected chi connectivity index (χ1v) is 9.61. The lowest BCUT2D eigenvalue weighted by molar-refractivity contribution is 0.0697. The Balaban J connectivity index is 1.58. The van der Waals surface area contributed by atoms with Crippen molar-refractivity contribution in [1.29, 1.82) is 0 Å². The second-order valence-electron chi connectivity index (χ2n) is 7.58. The van der Waals surface area contributed by atoms with E-state index in [-0.39, 0.29) is 11.1 Å². The normalized spacial score (nSPS) is 17.8. The number of rotatable bonds is 4. The third kappa shape index (κ3) is 2.74. The predicted octanol–water partition coefficient (Wildman–Crippen LogP) is 3.04. The maximum Gasteiger partial charge on any atom is 0.335 e. The van der Waals surface area contributed by atoms with Gasteiger partial charge in [0.15, 0.2) is 0 Å². The number of aromatic nitrogens is 4. The molecule has 2 aliphatic rings. The first kappa shape index (κ1) is 16.9. The number of allylic oxidation sites excluding steroid dienone is 1. The van der Waals surface area contributed by atoms with Crippen molar-refractivity contribution in [3.8, 4) is 0 Å². The van der Waals surface area contributed by atoms with Crippen LogP contribution in [-0.2, 0) is 13.1 Å². The zero-order valence-electron chi connectivity index (χ0n) is 15.3. The Morgan fingerprint density at radius 3 is 2.89 bits per heavy atom. The summed E-state index contributed by atoms with van der Waals surface area (Å²) in [4.78, 5) is 28.7. The number of carboxylic acids is 1. The van der Waals surface area contributed by atoms with Gasteiger partial charge in [-0.25, -0.2) is 9.78 Å². The summed E-state index contributed by atoms with van der Waals surface area (Å²) in [6.07, 6.45) is 8.40. The molecule has 0 radical (unpaired) electrons. The van der Waals surface area contributed by atoms with Gasteiger partial charge in [0, 0.05) is 19.3 Å². The van der Waals surface area contributed by atoms with Gasteiger partial charge < -0.3 is 5.11 Å². The third-order valence-electron chi connectivity index (χ3n) is 5.82. The molecule has 28 heavy (non-hydrogen) atoms. The average Bonchev–Trinajstić information content (AvgIpc) is 3.25. The van der Waals surface area contributed by atoms with E-state index < -0.39 is 5.97 Å². The van der Waals surface area contributed by atoms with E-state index in [0.717, 1.165) is 24.2 Å². The van der Waals surface area contributed by atoms with Gasteiger partial charge in [-0.1, -0.05) is 6.42 Å². The molecule has 2 aromatic heterocycles. The van der Waals surface area contributed by atoms with E-state index in [2.05, 4.69) is 16.2 Å². The summed E-state index contributed by atoms with van der Waals surface area (Å²) in [6.45, 7) is 1.51.